The number of hydrogen-bond donors (Lipinski definition) is 1. The molecule has 168 valence electrons. The number of benzene rings is 2. The second-order valence-electron chi connectivity index (χ2n) is 7.49. The maximum Gasteiger partial charge on any atom is 0.243 e. The van der Waals surface area contributed by atoms with Gasteiger partial charge in [0.25, 0.3) is 0 Å². The number of para-hydroxylation sites is 1. The summed E-state index contributed by atoms with van der Waals surface area (Å²) in [6.45, 7) is 3.08. The van der Waals surface area contributed by atoms with Gasteiger partial charge in [-0.1, -0.05) is 36.4 Å². The van der Waals surface area contributed by atoms with E-state index in [4.69, 9.17) is 0 Å². The maximum absolute atomic E-state index is 12.7. The number of piperidine rings is 1. The standard InChI is InChI=1S/C21H24N6O3S2/c1-16-7-3-4-8-19(16)27-21(23-24-25-27)31-15-20(28)22-17-9-11-18(12-10-17)32(29,30)26-13-5-2-6-14-26/h3-4,7-12H,2,5-6,13-15H2,1H3,(H,22,28). The topological polar surface area (TPSA) is 110 Å². The summed E-state index contributed by atoms with van der Waals surface area (Å²) in [6.07, 6.45) is 2.84. The Labute approximate surface area is 191 Å². The number of anilines is 1. The van der Waals surface area contributed by atoms with Crippen molar-refractivity contribution in [1.29, 1.82) is 0 Å². The van der Waals surface area contributed by atoms with Crippen molar-refractivity contribution >= 4 is 33.4 Å². The Kier molecular flexibility index (Phi) is 6.87. The molecule has 2 aromatic carbocycles. The number of hydrogen-bond acceptors (Lipinski definition) is 7. The first-order valence-corrected chi connectivity index (χ1v) is 12.7. The third-order valence-corrected chi connectivity index (χ3v) is 8.04. The molecule has 2 heterocycles. The molecule has 1 N–H and O–H groups in total. The lowest BCUT2D eigenvalue weighted by Crippen LogP contribution is -2.35. The molecule has 9 nitrogen and oxygen atoms in total. The smallest absolute Gasteiger partial charge is 0.243 e. The van der Waals surface area contributed by atoms with Gasteiger partial charge in [0.15, 0.2) is 0 Å². The number of amides is 1. The number of thioether (sulfide) groups is 1. The van der Waals surface area contributed by atoms with Gasteiger partial charge in [0.2, 0.25) is 21.1 Å². The summed E-state index contributed by atoms with van der Waals surface area (Å²) in [5.41, 5.74) is 2.41. The number of aromatic nitrogens is 4. The minimum atomic E-state index is -3.49. The first kappa shape index (κ1) is 22.4. The van der Waals surface area contributed by atoms with Crippen molar-refractivity contribution < 1.29 is 13.2 Å². The monoisotopic (exact) mass is 472 g/mol. The molecule has 0 spiro atoms. The Morgan fingerprint density at radius 2 is 1.78 bits per heavy atom. The number of carbonyl (C=O) groups is 1. The van der Waals surface area contributed by atoms with Gasteiger partial charge >= 0.3 is 0 Å². The zero-order chi connectivity index (χ0) is 22.6. The van der Waals surface area contributed by atoms with Crippen LogP contribution in [0.15, 0.2) is 58.6 Å². The quantitative estimate of drug-likeness (QED) is 0.527. The predicted molar refractivity (Wildman–Crippen MR) is 122 cm³/mol. The molecule has 1 saturated heterocycles. The summed E-state index contributed by atoms with van der Waals surface area (Å²) >= 11 is 1.22. The highest BCUT2D eigenvalue weighted by molar-refractivity contribution is 7.99. The van der Waals surface area contributed by atoms with Crippen LogP contribution in [0.2, 0.25) is 0 Å². The Morgan fingerprint density at radius 1 is 1.06 bits per heavy atom. The molecule has 1 fully saturated rings. The molecule has 11 heteroatoms. The minimum Gasteiger partial charge on any atom is -0.325 e. The molecule has 1 aliphatic rings. The zero-order valence-corrected chi connectivity index (χ0v) is 19.3. The van der Waals surface area contributed by atoms with Gasteiger partial charge in [-0.3, -0.25) is 4.79 Å². The molecule has 0 radical (unpaired) electrons. The van der Waals surface area contributed by atoms with Crippen LogP contribution in [0.4, 0.5) is 5.69 Å². The van der Waals surface area contributed by atoms with Crippen molar-refractivity contribution in [2.75, 3.05) is 24.2 Å². The average molecular weight is 473 g/mol. The van der Waals surface area contributed by atoms with Crippen molar-refractivity contribution in [1.82, 2.24) is 24.5 Å². The van der Waals surface area contributed by atoms with Crippen LogP contribution in [0.1, 0.15) is 24.8 Å². The normalized spacial score (nSPS) is 14.9. The summed E-state index contributed by atoms with van der Waals surface area (Å²) in [6, 6.07) is 14.0. The van der Waals surface area contributed by atoms with Gasteiger partial charge in [-0.05, 0) is 66.1 Å². The first-order valence-electron chi connectivity index (χ1n) is 10.3. The lowest BCUT2D eigenvalue weighted by atomic mass is 10.2. The third kappa shape index (κ3) is 5.00. The van der Waals surface area contributed by atoms with Crippen LogP contribution in [0.3, 0.4) is 0 Å². The van der Waals surface area contributed by atoms with Gasteiger partial charge in [-0.25, -0.2) is 8.42 Å². The summed E-state index contributed by atoms with van der Waals surface area (Å²) in [5.74, 6) is -0.124. The second-order valence-corrected chi connectivity index (χ2v) is 10.4. The number of aryl methyl sites for hydroxylation is 1. The van der Waals surface area contributed by atoms with E-state index in [-0.39, 0.29) is 16.6 Å². The molecule has 32 heavy (non-hydrogen) atoms. The lowest BCUT2D eigenvalue weighted by Gasteiger charge is -2.25. The van der Waals surface area contributed by atoms with Crippen molar-refractivity contribution in [3.63, 3.8) is 0 Å². The summed E-state index contributed by atoms with van der Waals surface area (Å²) in [7, 11) is -3.49. The Balaban J connectivity index is 1.36. The molecule has 0 saturated carbocycles. The van der Waals surface area contributed by atoms with Crippen LogP contribution in [-0.2, 0) is 14.8 Å². The van der Waals surface area contributed by atoms with E-state index in [1.807, 2.05) is 31.2 Å². The maximum atomic E-state index is 12.7. The van der Waals surface area contributed by atoms with E-state index >= 15 is 0 Å². The Hall–Kier alpha value is -2.76. The van der Waals surface area contributed by atoms with Gasteiger partial charge < -0.3 is 5.32 Å². The molecule has 0 unspecified atom stereocenters. The van der Waals surface area contributed by atoms with Crippen LogP contribution < -0.4 is 5.32 Å². The summed E-state index contributed by atoms with van der Waals surface area (Å²) in [4.78, 5) is 12.7. The van der Waals surface area contributed by atoms with Crippen LogP contribution in [-0.4, -0.2) is 57.7 Å². The summed E-state index contributed by atoms with van der Waals surface area (Å²) in [5, 5.41) is 15.1. The van der Waals surface area contributed by atoms with Crippen LogP contribution >= 0.6 is 11.8 Å². The fourth-order valence-corrected chi connectivity index (χ4v) is 5.71. The van der Waals surface area contributed by atoms with Gasteiger partial charge in [0.05, 0.1) is 16.3 Å². The molecular formula is C21H24N6O3S2. The van der Waals surface area contributed by atoms with E-state index in [1.54, 1.807) is 16.8 Å². The van der Waals surface area contributed by atoms with Crippen LogP contribution in [0.5, 0.6) is 0 Å². The Bertz CT molecular complexity index is 1190. The van der Waals surface area contributed by atoms with Crippen molar-refractivity contribution in [3.8, 4) is 5.69 Å². The molecule has 0 atom stereocenters. The molecule has 1 aromatic heterocycles. The van der Waals surface area contributed by atoms with E-state index in [0.29, 0.717) is 23.9 Å². The molecule has 1 amide bonds. The molecule has 3 aromatic rings. The van der Waals surface area contributed by atoms with Gasteiger partial charge in [-0.2, -0.15) is 8.99 Å². The Morgan fingerprint density at radius 3 is 2.50 bits per heavy atom. The molecule has 4 rings (SSSR count). The molecule has 1 aliphatic heterocycles. The average Bonchev–Trinajstić information content (AvgIpc) is 3.27. The SMILES string of the molecule is Cc1ccccc1-n1nnnc1SCC(=O)Nc1ccc(S(=O)(=O)N2CCCCC2)cc1. The molecule has 0 aliphatic carbocycles. The van der Waals surface area contributed by atoms with Gasteiger partial charge in [0, 0.05) is 18.8 Å². The summed E-state index contributed by atoms with van der Waals surface area (Å²) < 4.78 is 28.6. The first-order chi connectivity index (χ1) is 15.4. The van der Waals surface area contributed by atoms with E-state index < -0.39 is 10.0 Å². The van der Waals surface area contributed by atoms with Crippen molar-refractivity contribution in [2.45, 2.75) is 36.2 Å². The highest BCUT2D eigenvalue weighted by Crippen LogP contribution is 2.23. The van der Waals surface area contributed by atoms with Gasteiger partial charge in [-0.15, -0.1) is 5.10 Å². The third-order valence-electron chi connectivity index (χ3n) is 5.21. The number of sulfonamides is 1. The lowest BCUT2D eigenvalue weighted by molar-refractivity contribution is -0.113. The van der Waals surface area contributed by atoms with E-state index in [0.717, 1.165) is 30.5 Å². The fraction of sp³-hybridized carbons (Fsp3) is 0.333. The number of rotatable bonds is 7. The highest BCUT2D eigenvalue weighted by atomic mass is 32.2. The molecular weight excluding hydrogens is 448 g/mol. The minimum absolute atomic E-state index is 0.111. The second kappa shape index (κ2) is 9.80. The van der Waals surface area contributed by atoms with E-state index in [2.05, 4.69) is 20.8 Å². The van der Waals surface area contributed by atoms with Crippen LogP contribution in [0, 0.1) is 6.92 Å². The van der Waals surface area contributed by atoms with Crippen molar-refractivity contribution in [3.05, 3.63) is 54.1 Å². The van der Waals surface area contributed by atoms with Crippen LogP contribution in [0.25, 0.3) is 5.69 Å². The number of carbonyl (C=O) groups excluding carboxylic acids is 1. The van der Waals surface area contributed by atoms with Crippen molar-refractivity contribution in [2.24, 2.45) is 0 Å². The number of nitrogens with one attached hydrogen (secondary N) is 1. The highest BCUT2D eigenvalue weighted by Gasteiger charge is 2.25. The zero-order valence-electron chi connectivity index (χ0n) is 17.6. The van der Waals surface area contributed by atoms with E-state index in [9.17, 15) is 13.2 Å². The van der Waals surface area contributed by atoms with Gasteiger partial charge in [0.1, 0.15) is 0 Å². The number of tetrazole rings is 1. The van der Waals surface area contributed by atoms with E-state index in [1.165, 1.54) is 28.2 Å². The fourth-order valence-electron chi connectivity index (χ4n) is 3.51. The largest absolute Gasteiger partial charge is 0.325 e. The molecule has 0 bridgehead atoms. The number of nitrogens with zero attached hydrogens (tertiary/aromatic N) is 5. The predicted octanol–water partition coefficient (Wildman–Crippen LogP) is 2.88.